The molecule has 1 atom stereocenters. The number of halogens is 3. The van der Waals surface area contributed by atoms with Crippen molar-refractivity contribution >= 4 is 5.57 Å². The second-order valence-corrected chi connectivity index (χ2v) is 8.83. The molecule has 2 aliphatic heterocycles. The van der Waals surface area contributed by atoms with Crippen LogP contribution < -0.4 is 11.0 Å². The molecule has 3 aromatic rings. The lowest BCUT2D eigenvalue weighted by Crippen LogP contribution is -2.52. The van der Waals surface area contributed by atoms with E-state index in [9.17, 15) is 18.0 Å². The number of aromatic nitrogens is 3. The van der Waals surface area contributed by atoms with Gasteiger partial charge in [0.25, 0.3) is 5.56 Å². The van der Waals surface area contributed by atoms with Gasteiger partial charge in [-0.1, -0.05) is 18.2 Å². The molecule has 0 saturated heterocycles. The third-order valence-electron chi connectivity index (χ3n) is 6.61. The zero-order valence-corrected chi connectivity index (χ0v) is 19.1. The maximum Gasteiger partial charge on any atom is 0.417 e. The van der Waals surface area contributed by atoms with Crippen molar-refractivity contribution in [2.24, 2.45) is 0 Å². The maximum absolute atomic E-state index is 13.6. The van der Waals surface area contributed by atoms with E-state index in [1.54, 1.807) is 19.1 Å². The van der Waals surface area contributed by atoms with Crippen LogP contribution in [0.3, 0.4) is 0 Å². The summed E-state index contributed by atoms with van der Waals surface area (Å²) in [5.74, 6) is 0.601. The van der Waals surface area contributed by atoms with E-state index in [0.29, 0.717) is 36.6 Å². The molecule has 0 bridgehead atoms. The van der Waals surface area contributed by atoms with Gasteiger partial charge in [0, 0.05) is 48.7 Å². The number of nitrogens with one attached hydrogen (secondary N) is 1. The number of alkyl halides is 3. The van der Waals surface area contributed by atoms with E-state index in [-0.39, 0.29) is 17.3 Å². The van der Waals surface area contributed by atoms with Crippen LogP contribution in [0.2, 0.25) is 0 Å². The number of hydrogen-bond acceptors (Lipinski definition) is 5. The minimum atomic E-state index is -4.45. The molecule has 2 aliphatic rings. The normalized spacial score (nSPS) is 18.4. The molecule has 0 spiro atoms. The van der Waals surface area contributed by atoms with Gasteiger partial charge >= 0.3 is 6.18 Å². The summed E-state index contributed by atoms with van der Waals surface area (Å²) in [6.45, 7) is 6.95. The number of fused-ring (bicyclic) bond motifs is 2. The van der Waals surface area contributed by atoms with E-state index >= 15 is 0 Å². The second kappa shape index (κ2) is 8.09. The highest BCUT2D eigenvalue weighted by Gasteiger charge is 2.34. The third-order valence-corrected chi connectivity index (χ3v) is 6.61. The largest absolute Gasteiger partial charge is 0.417 e. The zero-order chi connectivity index (χ0) is 24.2. The van der Waals surface area contributed by atoms with Gasteiger partial charge in [-0.3, -0.25) is 20.1 Å². The first kappa shape index (κ1) is 22.3. The molecule has 4 heterocycles. The lowest BCUT2D eigenvalue weighted by Gasteiger charge is -2.40. The van der Waals surface area contributed by atoms with Crippen LogP contribution in [0.15, 0.2) is 53.0 Å². The molecule has 6 nitrogen and oxygen atoms in total. The van der Waals surface area contributed by atoms with E-state index in [2.05, 4.69) is 20.3 Å². The standard InChI is InChI=1S/C25H24F3N5O/c1-14-10-22(34)33-23(30-14)15(2)16(3)24(31-33)32-9-8-21-18(13-32)11-17(12-29-21)19-6-4-5-7-20(19)25(26,27)28/h4-7,10-12,24,31H,8-9,13H2,1-3H3. The maximum atomic E-state index is 13.6. The number of nitrogens with zero attached hydrogens (tertiary/aromatic N) is 4. The topological polar surface area (TPSA) is 63.1 Å². The van der Waals surface area contributed by atoms with E-state index in [1.807, 2.05) is 13.8 Å². The van der Waals surface area contributed by atoms with Gasteiger partial charge in [0.2, 0.25) is 0 Å². The van der Waals surface area contributed by atoms with Crippen LogP contribution >= 0.6 is 0 Å². The molecular weight excluding hydrogens is 443 g/mol. The minimum absolute atomic E-state index is 0.118. The number of hydrogen-bond donors (Lipinski definition) is 1. The first-order valence-electron chi connectivity index (χ1n) is 11.1. The summed E-state index contributed by atoms with van der Waals surface area (Å²) in [5.41, 5.74) is 7.40. The molecule has 2 aromatic heterocycles. The van der Waals surface area contributed by atoms with Crippen molar-refractivity contribution in [3.63, 3.8) is 0 Å². The van der Waals surface area contributed by atoms with Crippen LogP contribution in [0.25, 0.3) is 16.7 Å². The lowest BCUT2D eigenvalue weighted by atomic mass is 9.96. The Bertz CT molecular complexity index is 1380. The molecule has 1 N–H and O–H groups in total. The van der Waals surface area contributed by atoms with Crippen molar-refractivity contribution in [3.8, 4) is 11.1 Å². The van der Waals surface area contributed by atoms with E-state index < -0.39 is 11.7 Å². The average molecular weight is 467 g/mol. The lowest BCUT2D eigenvalue weighted by molar-refractivity contribution is -0.137. The van der Waals surface area contributed by atoms with Crippen molar-refractivity contribution in [1.29, 1.82) is 0 Å². The smallest absolute Gasteiger partial charge is 0.300 e. The van der Waals surface area contributed by atoms with Crippen molar-refractivity contribution < 1.29 is 13.2 Å². The van der Waals surface area contributed by atoms with Gasteiger partial charge < -0.3 is 0 Å². The molecule has 0 aliphatic carbocycles. The Morgan fingerprint density at radius 3 is 2.65 bits per heavy atom. The quantitative estimate of drug-likeness (QED) is 0.607. The summed E-state index contributed by atoms with van der Waals surface area (Å²) < 4.78 is 42.2. The summed E-state index contributed by atoms with van der Waals surface area (Å²) >= 11 is 0. The molecule has 1 aromatic carbocycles. The molecule has 9 heteroatoms. The molecule has 34 heavy (non-hydrogen) atoms. The SMILES string of the molecule is CC1=C(C)C(N2CCc3ncc(-c4ccccc4C(F)(F)F)cc3C2)Nn2c1nc(C)cc2=O. The highest BCUT2D eigenvalue weighted by atomic mass is 19.4. The molecule has 5 rings (SSSR count). The summed E-state index contributed by atoms with van der Waals surface area (Å²) in [4.78, 5) is 23.8. The molecule has 1 unspecified atom stereocenters. The van der Waals surface area contributed by atoms with Crippen molar-refractivity contribution in [2.45, 2.75) is 46.1 Å². The number of rotatable bonds is 2. The minimum Gasteiger partial charge on any atom is -0.300 e. The van der Waals surface area contributed by atoms with Crippen LogP contribution in [-0.4, -0.2) is 32.3 Å². The third kappa shape index (κ3) is 3.79. The number of aryl methyl sites for hydroxylation is 1. The highest BCUT2D eigenvalue weighted by Crippen LogP contribution is 2.37. The molecule has 0 fully saturated rings. The first-order chi connectivity index (χ1) is 16.1. The van der Waals surface area contributed by atoms with Gasteiger partial charge in [-0.05, 0) is 55.2 Å². The Labute approximate surface area is 194 Å². The van der Waals surface area contributed by atoms with Gasteiger partial charge in [0.15, 0.2) is 5.82 Å². The van der Waals surface area contributed by atoms with Crippen molar-refractivity contribution in [1.82, 2.24) is 19.5 Å². The Balaban J connectivity index is 1.49. The van der Waals surface area contributed by atoms with Crippen LogP contribution in [-0.2, 0) is 19.1 Å². The second-order valence-electron chi connectivity index (χ2n) is 8.83. The first-order valence-corrected chi connectivity index (χ1v) is 11.1. The van der Waals surface area contributed by atoms with Gasteiger partial charge in [0.1, 0.15) is 6.17 Å². The van der Waals surface area contributed by atoms with Crippen molar-refractivity contribution in [2.75, 3.05) is 12.0 Å². The average Bonchev–Trinajstić information content (AvgIpc) is 2.80. The number of pyridine rings is 1. The van der Waals surface area contributed by atoms with Crippen LogP contribution in [0.5, 0.6) is 0 Å². The highest BCUT2D eigenvalue weighted by molar-refractivity contribution is 5.68. The Hall–Kier alpha value is -3.46. The van der Waals surface area contributed by atoms with Gasteiger partial charge in [-0.15, -0.1) is 0 Å². The fraction of sp³-hybridized carbons (Fsp3) is 0.320. The monoisotopic (exact) mass is 467 g/mol. The Kier molecular flexibility index (Phi) is 5.31. The fourth-order valence-corrected chi connectivity index (χ4v) is 4.73. The fourth-order valence-electron chi connectivity index (χ4n) is 4.73. The van der Waals surface area contributed by atoms with Gasteiger partial charge in [-0.2, -0.15) is 13.2 Å². The van der Waals surface area contributed by atoms with Crippen LogP contribution in [0.1, 0.15) is 42.2 Å². The Morgan fingerprint density at radius 2 is 1.88 bits per heavy atom. The van der Waals surface area contributed by atoms with Crippen LogP contribution in [0, 0.1) is 6.92 Å². The summed E-state index contributed by atoms with van der Waals surface area (Å²) in [7, 11) is 0. The molecule has 176 valence electrons. The summed E-state index contributed by atoms with van der Waals surface area (Å²) in [5, 5.41) is 0. The molecule has 0 saturated carbocycles. The van der Waals surface area contributed by atoms with E-state index in [0.717, 1.165) is 28.5 Å². The molecule has 0 amide bonds. The molecular formula is C25H24F3N5O. The number of allylic oxidation sites excluding steroid dienone is 1. The predicted molar refractivity (Wildman–Crippen MR) is 123 cm³/mol. The summed E-state index contributed by atoms with van der Waals surface area (Å²) in [6.07, 6.45) is -2.50. The molecule has 0 radical (unpaired) electrons. The summed E-state index contributed by atoms with van der Waals surface area (Å²) in [6, 6.07) is 8.85. The van der Waals surface area contributed by atoms with Gasteiger partial charge in [-0.25, -0.2) is 9.66 Å². The van der Waals surface area contributed by atoms with E-state index in [1.165, 1.54) is 29.1 Å². The Morgan fingerprint density at radius 1 is 1.12 bits per heavy atom. The van der Waals surface area contributed by atoms with Crippen LogP contribution in [0.4, 0.5) is 13.2 Å². The van der Waals surface area contributed by atoms with Gasteiger partial charge in [0.05, 0.1) is 5.56 Å². The van der Waals surface area contributed by atoms with E-state index in [4.69, 9.17) is 0 Å². The predicted octanol–water partition coefficient (Wildman–Crippen LogP) is 4.37. The van der Waals surface area contributed by atoms with Crippen molar-refractivity contribution in [3.05, 3.63) is 86.9 Å². The number of benzene rings is 1. The zero-order valence-electron chi connectivity index (χ0n) is 19.1.